The molecule has 0 aliphatic rings. The zero-order valence-corrected chi connectivity index (χ0v) is 14.3. The van der Waals surface area contributed by atoms with Gasteiger partial charge in [0.1, 0.15) is 11.3 Å². The van der Waals surface area contributed by atoms with E-state index in [1.54, 1.807) is 52.1 Å². The lowest BCUT2D eigenvalue weighted by Crippen LogP contribution is -2.34. The summed E-state index contributed by atoms with van der Waals surface area (Å²) in [4.78, 5) is 27.8. The fourth-order valence-electron chi connectivity index (χ4n) is 1.77. The van der Waals surface area contributed by atoms with Crippen molar-refractivity contribution in [3.05, 3.63) is 46.0 Å². The van der Waals surface area contributed by atoms with Crippen molar-refractivity contribution in [1.82, 2.24) is 0 Å². The lowest BCUT2D eigenvalue weighted by molar-refractivity contribution is -0.136. The van der Waals surface area contributed by atoms with Crippen LogP contribution >= 0.6 is 0 Å². The molecule has 8 nitrogen and oxygen atoms in total. The molecule has 24 heavy (non-hydrogen) atoms. The summed E-state index contributed by atoms with van der Waals surface area (Å²) in [5.74, 6) is -0.775. The fourth-order valence-corrected chi connectivity index (χ4v) is 1.77. The first kappa shape index (κ1) is 19.1. The number of carbonyl (C=O) groups is 2. The molecule has 1 rings (SSSR count). The monoisotopic (exact) mass is 332 g/mol. The highest BCUT2D eigenvalue weighted by atomic mass is 16.6. The molecule has 128 valence electrons. The van der Waals surface area contributed by atoms with E-state index < -0.39 is 17.7 Å². The summed E-state index contributed by atoms with van der Waals surface area (Å²) in [5.41, 5.74) is 8.71. The van der Waals surface area contributed by atoms with E-state index in [0.29, 0.717) is 11.3 Å². The van der Waals surface area contributed by atoms with Gasteiger partial charge in [-0.25, -0.2) is 9.59 Å². The van der Waals surface area contributed by atoms with E-state index in [1.165, 1.54) is 18.1 Å². The molecule has 0 saturated heterocycles. The smallest absolute Gasteiger partial charge is 0.414 e. The molecule has 0 fully saturated rings. The average molecular weight is 332 g/mol. The Kier molecular flexibility index (Phi) is 6.38. The van der Waals surface area contributed by atoms with E-state index in [0.717, 1.165) is 0 Å². The number of nitrogens with zero attached hydrogens (tertiary/aromatic N) is 4. The van der Waals surface area contributed by atoms with Gasteiger partial charge in [-0.05, 0) is 44.0 Å². The van der Waals surface area contributed by atoms with Crippen LogP contribution in [0.3, 0.4) is 0 Å². The van der Waals surface area contributed by atoms with Gasteiger partial charge in [-0.2, -0.15) is 0 Å². The molecule has 0 aromatic heterocycles. The average Bonchev–Trinajstić information content (AvgIpc) is 2.52. The van der Waals surface area contributed by atoms with Crippen molar-refractivity contribution < 1.29 is 19.1 Å². The van der Waals surface area contributed by atoms with Crippen molar-refractivity contribution in [3.8, 4) is 0 Å². The molecule has 0 aliphatic carbocycles. The SMILES string of the molecule is COC(=O)C(=Cc1ccccc1N(C)C(=O)OC(C)(C)C)N=[N+]=[N-]. The zero-order valence-electron chi connectivity index (χ0n) is 14.3. The van der Waals surface area contributed by atoms with Crippen LogP contribution in [-0.2, 0) is 14.3 Å². The fraction of sp³-hybridized carbons (Fsp3) is 0.375. The second kappa shape index (κ2) is 8.03. The Morgan fingerprint density at radius 1 is 1.29 bits per heavy atom. The van der Waals surface area contributed by atoms with Crippen molar-refractivity contribution in [2.45, 2.75) is 26.4 Å². The van der Waals surface area contributed by atoms with Crippen LogP contribution in [0.4, 0.5) is 10.5 Å². The second-order valence-corrected chi connectivity index (χ2v) is 5.81. The molecule has 8 heteroatoms. The molecule has 0 spiro atoms. The number of ether oxygens (including phenoxy) is 2. The summed E-state index contributed by atoms with van der Waals surface area (Å²) in [6.45, 7) is 5.30. The van der Waals surface area contributed by atoms with Crippen LogP contribution in [0.2, 0.25) is 0 Å². The first-order valence-corrected chi connectivity index (χ1v) is 7.10. The van der Waals surface area contributed by atoms with Crippen molar-refractivity contribution in [2.24, 2.45) is 5.11 Å². The normalized spacial score (nSPS) is 11.3. The Labute approximate surface area is 140 Å². The first-order chi connectivity index (χ1) is 11.2. The molecule has 0 unspecified atom stereocenters. The van der Waals surface area contributed by atoms with Crippen molar-refractivity contribution in [3.63, 3.8) is 0 Å². The number of anilines is 1. The van der Waals surface area contributed by atoms with Crippen LogP contribution in [-0.4, -0.2) is 31.8 Å². The number of azide groups is 1. The third kappa shape index (κ3) is 5.33. The molecule has 0 bridgehead atoms. The third-order valence-electron chi connectivity index (χ3n) is 2.80. The number of methoxy groups -OCH3 is 1. The number of amides is 1. The molecule has 0 aliphatic heterocycles. The number of carbonyl (C=O) groups excluding carboxylic acids is 2. The maximum absolute atomic E-state index is 12.2. The Morgan fingerprint density at radius 2 is 1.92 bits per heavy atom. The van der Waals surface area contributed by atoms with Gasteiger partial charge in [0.15, 0.2) is 0 Å². The van der Waals surface area contributed by atoms with E-state index in [-0.39, 0.29) is 5.70 Å². The number of para-hydroxylation sites is 1. The summed E-state index contributed by atoms with van der Waals surface area (Å²) in [6.07, 6.45) is 0.800. The molecule has 0 saturated carbocycles. The molecule has 1 aromatic rings. The predicted molar refractivity (Wildman–Crippen MR) is 90.2 cm³/mol. The molecular weight excluding hydrogens is 312 g/mol. The minimum Gasteiger partial charge on any atom is -0.466 e. The van der Waals surface area contributed by atoms with Gasteiger partial charge in [-0.1, -0.05) is 23.3 Å². The minimum atomic E-state index is -0.775. The van der Waals surface area contributed by atoms with Gasteiger partial charge in [0, 0.05) is 12.0 Å². The number of hydrogen-bond acceptors (Lipinski definition) is 5. The Balaban J connectivity index is 3.27. The lowest BCUT2D eigenvalue weighted by Gasteiger charge is -2.25. The van der Waals surface area contributed by atoms with Gasteiger partial charge in [-0.3, -0.25) is 4.90 Å². The standard InChI is InChI=1S/C16H20N4O4/c1-16(2,3)24-15(22)20(4)13-9-7-6-8-11(13)10-12(18-19-17)14(21)23-5/h6-10H,1-5H3. The van der Waals surface area contributed by atoms with E-state index >= 15 is 0 Å². The maximum Gasteiger partial charge on any atom is 0.414 e. The highest BCUT2D eigenvalue weighted by Gasteiger charge is 2.22. The molecule has 0 atom stereocenters. The largest absolute Gasteiger partial charge is 0.466 e. The summed E-state index contributed by atoms with van der Waals surface area (Å²) in [5, 5.41) is 3.33. The van der Waals surface area contributed by atoms with Crippen LogP contribution in [0, 0.1) is 0 Å². The Bertz CT molecular complexity index is 700. The van der Waals surface area contributed by atoms with Gasteiger partial charge in [0.2, 0.25) is 0 Å². The van der Waals surface area contributed by atoms with E-state index in [9.17, 15) is 9.59 Å². The Morgan fingerprint density at radius 3 is 2.46 bits per heavy atom. The quantitative estimate of drug-likeness (QED) is 0.274. The van der Waals surface area contributed by atoms with Crippen molar-refractivity contribution >= 4 is 23.8 Å². The van der Waals surface area contributed by atoms with Crippen molar-refractivity contribution in [1.29, 1.82) is 0 Å². The summed E-state index contributed by atoms with van der Waals surface area (Å²) in [6, 6.07) is 6.81. The summed E-state index contributed by atoms with van der Waals surface area (Å²) < 4.78 is 9.90. The number of benzene rings is 1. The first-order valence-electron chi connectivity index (χ1n) is 7.10. The van der Waals surface area contributed by atoms with Crippen LogP contribution in [0.5, 0.6) is 0 Å². The van der Waals surface area contributed by atoms with Crippen LogP contribution in [0.1, 0.15) is 26.3 Å². The summed E-state index contributed by atoms with van der Waals surface area (Å²) in [7, 11) is 2.73. The predicted octanol–water partition coefficient (Wildman–Crippen LogP) is 3.88. The van der Waals surface area contributed by atoms with Crippen LogP contribution < -0.4 is 4.90 Å². The molecule has 1 amide bonds. The van der Waals surface area contributed by atoms with E-state index in [4.69, 9.17) is 10.3 Å². The number of rotatable bonds is 4. The Hall–Kier alpha value is -2.99. The topological polar surface area (TPSA) is 105 Å². The van der Waals surface area contributed by atoms with Gasteiger partial charge < -0.3 is 9.47 Å². The summed E-state index contributed by atoms with van der Waals surface area (Å²) >= 11 is 0. The van der Waals surface area contributed by atoms with Crippen LogP contribution in [0.15, 0.2) is 35.1 Å². The molecule has 0 N–H and O–H groups in total. The zero-order chi connectivity index (χ0) is 18.3. The maximum atomic E-state index is 12.2. The highest BCUT2D eigenvalue weighted by molar-refractivity contribution is 5.96. The molecule has 1 aromatic carbocycles. The highest BCUT2D eigenvalue weighted by Crippen LogP contribution is 2.24. The van der Waals surface area contributed by atoms with Crippen molar-refractivity contribution in [2.75, 3.05) is 19.1 Å². The third-order valence-corrected chi connectivity index (χ3v) is 2.80. The number of hydrogen-bond donors (Lipinski definition) is 0. The van der Waals surface area contributed by atoms with Gasteiger partial charge in [0.05, 0.1) is 12.8 Å². The molecular formula is C16H20N4O4. The molecule has 0 radical (unpaired) electrons. The van der Waals surface area contributed by atoms with Gasteiger partial charge >= 0.3 is 12.1 Å². The second-order valence-electron chi connectivity index (χ2n) is 5.81. The van der Waals surface area contributed by atoms with E-state index in [1.807, 2.05) is 0 Å². The molecule has 0 heterocycles. The van der Waals surface area contributed by atoms with Gasteiger partial charge in [-0.15, -0.1) is 0 Å². The lowest BCUT2D eigenvalue weighted by atomic mass is 10.1. The minimum absolute atomic E-state index is 0.218. The number of esters is 1. The van der Waals surface area contributed by atoms with Crippen LogP contribution in [0.25, 0.3) is 16.5 Å². The van der Waals surface area contributed by atoms with Gasteiger partial charge in [0.25, 0.3) is 0 Å². The van der Waals surface area contributed by atoms with E-state index in [2.05, 4.69) is 14.8 Å².